The van der Waals surface area contributed by atoms with Crippen LogP contribution in [0.4, 0.5) is 0 Å². The molecule has 0 radical (unpaired) electrons. The molecular formula is C13H16N2O4S. The Morgan fingerprint density at radius 3 is 2.75 bits per heavy atom. The molecule has 1 aromatic carbocycles. The summed E-state index contributed by atoms with van der Waals surface area (Å²) in [5.41, 5.74) is 1.79. The van der Waals surface area contributed by atoms with Gasteiger partial charge in [0.1, 0.15) is 6.04 Å². The van der Waals surface area contributed by atoms with E-state index >= 15 is 0 Å². The summed E-state index contributed by atoms with van der Waals surface area (Å²) in [7, 11) is -2.27. The summed E-state index contributed by atoms with van der Waals surface area (Å²) in [5, 5.41) is 0.955. The highest BCUT2D eigenvalue weighted by atomic mass is 32.2. The van der Waals surface area contributed by atoms with Crippen molar-refractivity contribution in [2.24, 2.45) is 0 Å². The Balaban J connectivity index is 2.29. The van der Waals surface area contributed by atoms with Gasteiger partial charge in [0.25, 0.3) is 0 Å². The lowest BCUT2D eigenvalue weighted by Crippen LogP contribution is -2.42. The van der Waals surface area contributed by atoms with Gasteiger partial charge in [-0.05, 0) is 11.6 Å². The summed E-state index contributed by atoms with van der Waals surface area (Å²) < 4.78 is 29.6. The Kier molecular flexibility index (Phi) is 4.10. The summed E-state index contributed by atoms with van der Waals surface area (Å²) in [6.45, 7) is 0. The monoisotopic (exact) mass is 296 g/mol. The molecule has 0 aliphatic rings. The zero-order valence-electron chi connectivity index (χ0n) is 11.2. The van der Waals surface area contributed by atoms with Crippen molar-refractivity contribution in [2.45, 2.75) is 12.5 Å². The van der Waals surface area contributed by atoms with Gasteiger partial charge in [-0.15, -0.1) is 0 Å². The van der Waals surface area contributed by atoms with E-state index in [0.717, 1.165) is 22.7 Å². The molecule has 2 aromatic rings. The number of rotatable bonds is 5. The second-order valence-electron chi connectivity index (χ2n) is 4.53. The average Bonchev–Trinajstić information content (AvgIpc) is 2.79. The number of benzene rings is 1. The molecule has 0 saturated heterocycles. The lowest BCUT2D eigenvalue weighted by molar-refractivity contribution is -0.142. The number of aromatic nitrogens is 1. The zero-order chi connectivity index (χ0) is 14.8. The maximum Gasteiger partial charge on any atom is 0.324 e. The van der Waals surface area contributed by atoms with Crippen molar-refractivity contribution in [2.75, 3.05) is 13.4 Å². The van der Waals surface area contributed by atoms with E-state index in [4.69, 9.17) is 0 Å². The maximum atomic E-state index is 11.7. The molecule has 0 spiro atoms. The quantitative estimate of drug-likeness (QED) is 0.799. The molecule has 1 heterocycles. The molecule has 20 heavy (non-hydrogen) atoms. The maximum absolute atomic E-state index is 11.7. The van der Waals surface area contributed by atoms with Crippen molar-refractivity contribution in [1.82, 2.24) is 9.71 Å². The molecule has 1 unspecified atom stereocenters. The number of carbonyl (C=O) groups is 1. The number of sulfonamides is 1. The lowest BCUT2D eigenvalue weighted by atomic mass is 10.1. The number of fused-ring (bicyclic) bond motifs is 1. The minimum Gasteiger partial charge on any atom is -0.468 e. The van der Waals surface area contributed by atoms with Gasteiger partial charge in [0.15, 0.2) is 0 Å². The van der Waals surface area contributed by atoms with E-state index in [1.165, 1.54) is 7.11 Å². The van der Waals surface area contributed by atoms with Crippen LogP contribution in [0, 0.1) is 0 Å². The minimum atomic E-state index is -3.50. The van der Waals surface area contributed by atoms with E-state index in [9.17, 15) is 13.2 Å². The molecule has 2 rings (SSSR count). The fourth-order valence-corrected chi connectivity index (χ4v) is 2.79. The average molecular weight is 296 g/mol. The number of carbonyl (C=O) groups excluding carboxylic acids is 1. The molecule has 0 aliphatic heterocycles. The number of aromatic amines is 1. The molecule has 0 bridgehead atoms. The van der Waals surface area contributed by atoms with Gasteiger partial charge in [-0.3, -0.25) is 4.79 Å². The highest BCUT2D eigenvalue weighted by Crippen LogP contribution is 2.19. The highest BCUT2D eigenvalue weighted by Gasteiger charge is 2.24. The van der Waals surface area contributed by atoms with Crippen molar-refractivity contribution < 1.29 is 17.9 Å². The fourth-order valence-electron chi connectivity index (χ4n) is 2.09. The summed E-state index contributed by atoms with van der Waals surface area (Å²) in [6.07, 6.45) is 3.01. The number of nitrogens with one attached hydrogen (secondary N) is 2. The molecule has 0 fully saturated rings. The van der Waals surface area contributed by atoms with E-state index in [1.54, 1.807) is 6.20 Å². The molecular weight excluding hydrogens is 280 g/mol. The van der Waals surface area contributed by atoms with Crippen LogP contribution in [-0.2, 0) is 26.0 Å². The van der Waals surface area contributed by atoms with Gasteiger partial charge in [-0.25, -0.2) is 13.1 Å². The molecule has 0 aliphatic carbocycles. The number of ether oxygens (including phenoxy) is 1. The van der Waals surface area contributed by atoms with Crippen molar-refractivity contribution in [3.63, 3.8) is 0 Å². The first kappa shape index (κ1) is 14.5. The lowest BCUT2D eigenvalue weighted by Gasteiger charge is -2.14. The van der Waals surface area contributed by atoms with E-state index in [0.29, 0.717) is 0 Å². The van der Waals surface area contributed by atoms with Crippen molar-refractivity contribution >= 4 is 26.9 Å². The third kappa shape index (κ3) is 3.37. The molecule has 108 valence electrons. The zero-order valence-corrected chi connectivity index (χ0v) is 12.0. The van der Waals surface area contributed by atoms with Crippen LogP contribution in [0.15, 0.2) is 30.5 Å². The van der Waals surface area contributed by atoms with E-state index in [1.807, 2.05) is 24.3 Å². The van der Waals surface area contributed by atoms with E-state index in [-0.39, 0.29) is 6.42 Å². The standard InChI is InChI=1S/C13H16N2O4S/c1-19-13(16)12(15-20(2,17)18)7-9-8-14-11-6-4-3-5-10(9)11/h3-6,8,12,14-15H,7H2,1-2H3. The van der Waals surface area contributed by atoms with Gasteiger partial charge in [-0.2, -0.15) is 0 Å². The second-order valence-corrected chi connectivity index (χ2v) is 6.31. The van der Waals surface area contributed by atoms with Gasteiger partial charge in [0.2, 0.25) is 10.0 Å². The summed E-state index contributed by atoms with van der Waals surface area (Å²) in [5.74, 6) is -0.610. The molecule has 6 nitrogen and oxygen atoms in total. The van der Waals surface area contributed by atoms with Crippen LogP contribution < -0.4 is 4.72 Å². The van der Waals surface area contributed by atoms with Crippen LogP contribution in [0.25, 0.3) is 10.9 Å². The van der Waals surface area contributed by atoms with E-state index < -0.39 is 22.0 Å². The molecule has 0 amide bonds. The van der Waals surface area contributed by atoms with Crippen molar-refractivity contribution in [1.29, 1.82) is 0 Å². The SMILES string of the molecule is COC(=O)C(Cc1c[nH]c2ccccc12)NS(C)(=O)=O. The Morgan fingerprint density at radius 2 is 2.10 bits per heavy atom. The first-order valence-electron chi connectivity index (χ1n) is 6.01. The van der Waals surface area contributed by atoms with Crippen molar-refractivity contribution in [3.05, 3.63) is 36.0 Å². The molecule has 1 aromatic heterocycles. The summed E-state index contributed by atoms with van der Waals surface area (Å²) in [4.78, 5) is 14.8. The second kappa shape index (κ2) is 5.64. The topological polar surface area (TPSA) is 88.3 Å². The molecule has 7 heteroatoms. The number of hydrogen-bond acceptors (Lipinski definition) is 4. The number of para-hydroxylation sites is 1. The van der Waals surface area contributed by atoms with Crippen LogP contribution in [0.2, 0.25) is 0 Å². The van der Waals surface area contributed by atoms with Gasteiger partial charge in [0.05, 0.1) is 13.4 Å². The van der Waals surface area contributed by atoms with Crippen molar-refractivity contribution in [3.8, 4) is 0 Å². The van der Waals surface area contributed by atoms with Gasteiger partial charge < -0.3 is 9.72 Å². The summed E-state index contributed by atoms with van der Waals surface area (Å²) >= 11 is 0. The van der Waals surface area contributed by atoms with Gasteiger partial charge >= 0.3 is 5.97 Å². The first-order valence-corrected chi connectivity index (χ1v) is 7.90. The number of esters is 1. The highest BCUT2D eigenvalue weighted by molar-refractivity contribution is 7.88. The molecule has 0 saturated carbocycles. The van der Waals surface area contributed by atoms with E-state index in [2.05, 4.69) is 14.4 Å². The van der Waals surface area contributed by atoms with Crippen LogP contribution in [0.5, 0.6) is 0 Å². The normalized spacial score (nSPS) is 13.3. The predicted octanol–water partition coefficient (Wildman–Crippen LogP) is 0.801. The minimum absolute atomic E-state index is 0.226. The van der Waals surface area contributed by atoms with Crippen LogP contribution in [0.1, 0.15) is 5.56 Å². The number of H-pyrrole nitrogens is 1. The number of methoxy groups -OCH3 is 1. The fraction of sp³-hybridized carbons (Fsp3) is 0.308. The summed E-state index contributed by atoms with van der Waals surface area (Å²) in [6, 6.07) is 6.67. The van der Waals surface area contributed by atoms with Crippen LogP contribution >= 0.6 is 0 Å². The van der Waals surface area contributed by atoms with Crippen LogP contribution in [-0.4, -0.2) is 38.8 Å². The number of hydrogen-bond donors (Lipinski definition) is 2. The molecule has 1 atom stereocenters. The van der Waals surface area contributed by atoms with Crippen LogP contribution in [0.3, 0.4) is 0 Å². The Labute approximate surface area is 117 Å². The predicted molar refractivity (Wildman–Crippen MR) is 75.8 cm³/mol. The third-order valence-corrected chi connectivity index (χ3v) is 3.65. The third-order valence-electron chi connectivity index (χ3n) is 2.94. The smallest absolute Gasteiger partial charge is 0.324 e. The molecule has 2 N–H and O–H groups in total. The van der Waals surface area contributed by atoms with Gasteiger partial charge in [-0.1, -0.05) is 18.2 Å². The Bertz CT molecular complexity index is 721. The largest absolute Gasteiger partial charge is 0.468 e. The Hall–Kier alpha value is -1.86. The van der Waals surface area contributed by atoms with Gasteiger partial charge in [0, 0.05) is 23.5 Å². The Morgan fingerprint density at radius 1 is 1.40 bits per heavy atom. The first-order chi connectivity index (χ1) is 9.40.